The molecular weight excluding hydrogens is 514 g/mol. The van der Waals surface area contributed by atoms with E-state index in [0.29, 0.717) is 33.9 Å². The predicted molar refractivity (Wildman–Crippen MR) is 150 cm³/mol. The van der Waals surface area contributed by atoms with Crippen LogP contribution in [0.5, 0.6) is 17.2 Å². The Kier molecular flexibility index (Phi) is 8.10. The van der Waals surface area contributed by atoms with Gasteiger partial charge in [-0.05, 0) is 84.9 Å². The van der Waals surface area contributed by atoms with Gasteiger partial charge in [0.05, 0.1) is 7.11 Å². The van der Waals surface area contributed by atoms with Gasteiger partial charge in [0.1, 0.15) is 5.60 Å². The standard InChI is InChI=1S/C30H41N3O7/c1-16-13-17(2)32-27(35)22(16)15-31-26(34)21-14-23(37-8)25-24(18(21)3)38-30(7,39-25)19-9-11-20(12-10-19)33-28(36)40-29(4,5)6/h13-14,19-20H,9-12,15H2,1-8H3,(H,31,34)(H,32,35)(H,33,36). The third-order valence-electron chi connectivity index (χ3n) is 7.63. The van der Waals surface area contributed by atoms with Crippen molar-refractivity contribution in [3.63, 3.8) is 0 Å². The molecule has 10 nitrogen and oxygen atoms in total. The summed E-state index contributed by atoms with van der Waals surface area (Å²) in [6.45, 7) is 13.0. The van der Waals surface area contributed by atoms with Gasteiger partial charge in [0.2, 0.25) is 5.75 Å². The normalized spacial score (nSPS) is 22.0. The number of benzene rings is 1. The second-order valence-corrected chi connectivity index (χ2v) is 12.0. The zero-order valence-corrected chi connectivity index (χ0v) is 24.7. The molecule has 1 aromatic carbocycles. The molecule has 0 radical (unpaired) electrons. The number of carbonyl (C=O) groups is 2. The molecule has 0 spiro atoms. The van der Waals surface area contributed by atoms with Gasteiger partial charge in [-0.15, -0.1) is 0 Å². The summed E-state index contributed by atoms with van der Waals surface area (Å²) in [4.78, 5) is 40.6. The lowest BCUT2D eigenvalue weighted by Crippen LogP contribution is -2.48. The van der Waals surface area contributed by atoms with Gasteiger partial charge in [-0.1, -0.05) is 0 Å². The van der Waals surface area contributed by atoms with Crippen molar-refractivity contribution >= 4 is 12.0 Å². The number of alkyl carbamates (subject to hydrolysis) is 1. The Hall–Kier alpha value is -3.69. The van der Waals surface area contributed by atoms with Gasteiger partial charge in [-0.3, -0.25) is 9.59 Å². The van der Waals surface area contributed by atoms with Crippen LogP contribution in [0.4, 0.5) is 4.79 Å². The van der Waals surface area contributed by atoms with Crippen molar-refractivity contribution in [1.82, 2.24) is 15.6 Å². The van der Waals surface area contributed by atoms with Gasteiger partial charge in [0.15, 0.2) is 11.5 Å². The number of H-pyrrole nitrogens is 1. The highest BCUT2D eigenvalue weighted by atomic mass is 16.7. The van der Waals surface area contributed by atoms with Crippen LogP contribution in [0, 0.1) is 26.7 Å². The van der Waals surface area contributed by atoms with Crippen LogP contribution < -0.4 is 30.4 Å². The summed E-state index contributed by atoms with van der Waals surface area (Å²) in [5, 5.41) is 5.83. The maximum absolute atomic E-state index is 13.3. The second kappa shape index (κ2) is 11.1. The molecule has 1 atom stereocenters. The Morgan fingerprint density at radius 1 is 1.07 bits per heavy atom. The van der Waals surface area contributed by atoms with Crippen molar-refractivity contribution in [1.29, 1.82) is 0 Å². The van der Waals surface area contributed by atoms with Crippen molar-refractivity contribution in [2.24, 2.45) is 5.92 Å². The fourth-order valence-electron chi connectivity index (χ4n) is 5.51. The van der Waals surface area contributed by atoms with E-state index >= 15 is 0 Å². The molecule has 2 heterocycles. The second-order valence-electron chi connectivity index (χ2n) is 12.0. The molecule has 1 aromatic heterocycles. The first-order valence-electron chi connectivity index (χ1n) is 13.8. The molecule has 2 amide bonds. The number of amides is 2. The highest BCUT2D eigenvalue weighted by Crippen LogP contribution is 2.52. The van der Waals surface area contributed by atoms with Crippen LogP contribution in [-0.4, -0.2) is 41.5 Å². The fourth-order valence-corrected chi connectivity index (χ4v) is 5.51. The maximum atomic E-state index is 13.3. The Bertz CT molecular complexity index is 1350. The highest BCUT2D eigenvalue weighted by Gasteiger charge is 2.48. The van der Waals surface area contributed by atoms with Crippen LogP contribution >= 0.6 is 0 Å². The van der Waals surface area contributed by atoms with E-state index in [0.717, 1.165) is 36.9 Å². The third-order valence-corrected chi connectivity index (χ3v) is 7.63. The van der Waals surface area contributed by atoms with Crippen LogP contribution in [0.1, 0.15) is 86.1 Å². The van der Waals surface area contributed by atoms with E-state index in [4.69, 9.17) is 18.9 Å². The fraction of sp³-hybridized carbons (Fsp3) is 0.567. The molecule has 1 aliphatic heterocycles. The summed E-state index contributed by atoms with van der Waals surface area (Å²) in [7, 11) is 1.52. The molecule has 0 bridgehead atoms. The van der Waals surface area contributed by atoms with Gasteiger partial charge < -0.3 is 34.6 Å². The average molecular weight is 556 g/mol. The molecule has 2 aromatic rings. The number of aromatic amines is 1. The van der Waals surface area contributed by atoms with E-state index < -0.39 is 17.5 Å². The quantitative estimate of drug-likeness (QED) is 0.467. The summed E-state index contributed by atoms with van der Waals surface area (Å²) in [6.07, 6.45) is 2.69. The monoisotopic (exact) mass is 555 g/mol. The molecule has 1 fully saturated rings. The van der Waals surface area contributed by atoms with Crippen LogP contribution in [0.15, 0.2) is 16.9 Å². The van der Waals surface area contributed by atoms with E-state index in [9.17, 15) is 14.4 Å². The lowest BCUT2D eigenvalue weighted by atomic mass is 9.81. The predicted octanol–water partition coefficient (Wildman–Crippen LogP) is 4.81. The first kappa shape index (κ1) is 29.3. The van der Waals surface area contributed by atoms with E-state index in [2.05, 4.69) is 15.6 Å². The van der Waals surface area contributed by atoms with E-state index in [-0.39, 0.29) is 30.0 Å². The number of methoxy groups -OCH3 is 1. The number of fused-ring (bicyclic) bond motifs is 1. The molecule has 218 valence electrons. The number of aryl methyl sites for hydroxylation is 2. The first-order valence-corrected chi connectivity index (χ1v) is 13.8. The topological polar surface area (TPSA) is 128 Å². The van der Waals surface area contributed by atoms with Crippen LogP contribution in [0.3, 0.4) is 0 Å². The number of carbonyl (C=O) groups excluding carboxylic acids is 2. The number of rotatable bonds is 6. The minimum absolute atomic E-state index is 0.0226. The molecule has 1 unspecified atom stereocenters. The van der Waals surface area contributed by atoms with Gasteiger partial charge in [0, 0.05) is 47.8 Å². The lowest BCUT2D eigenvalue weighted by molar-refractivity contribution is -0.121. The maximum Gasteiger partial charge on any atom is 0.407 e. The molecule has 10 heteroatoms. The average Bonchev–Trinajstić information content (AvgIpc) is 3.22. The van der Waals surface area contributed by atoms with Crippen molar-refractivity contribution in [2.45, 2.75) is 98.1 Å². The number of pyridine rings is 1. The molecule has 40 heavy (non-hydrogen) atoms. The van der Waals surface area contributed by atoms with E-state index in [1.54, 1.807) is 6.07 Å². The zero-order valence-electron chi connectivity index (χ0n) is 24.7. The number of hydrogen-bond donors (Lipinski definition) is 3. The van der Waals surface area contributed by atoms with Gasteiger partial charge in [-0.2, -0.15) is 0 Å². The summed E-state index contributed by atoms with van der Waals surface area (Å²) in [5.74, 6) is 0.125. The molecule has 4 rings (SSSR count). The summed E-state index contributed by atoms with van der Waals surface area (Å²) in [6, 6.07) is 3.54. The molecule has 1 aliphatic carbocycles. The Morgan fingerprint density at radius 2 is 1.73 bits per heavy atom. The number of aromatic nitrogens is 1. The van der Waals surface area contributed by atoms with Crippen LogP contribution in [-0.2, 0) is 11.3 Å². The van der Waals surface area contributed by atoms with E-state index in [1.165, 1.54) is 7.11 Å². The van der Waals surface area contributed by atoms with Gasteiger partial charge in [-0.25, -0.2) is 4.79 Å². The summed E-state index contributed by atoms with van der Waals surface area (Å²) < 4.78 is 23.8. The largest absolute Gasteiger partial charge is 0.493 e. The molecule has 2 aliphatic rings. The van der Waals surface area contributed by atoms with Crippen molar-refractivity contribution < 1.29 is 28.5 Å². The number of hydrogen-bond acceptors (Lipinski definition) is 7. The zero-order chi connectivity index (χ0) is 29.4. The Balaban J connectivity index is 1.46. The number of nitrogens with one attached hydrogen (secondary N) is 3. The van der Waals surface area contributed by atoms with E-state index in [1.807, 2.05) is 54.5 Å². The Morgan fingerprint density at radius 3 is 2.33 bits per heavy atom. The van der Waals surface area contributed by atoms with Crippen molar-refractivity contribution in [3.8, 4) is 17.2 Å². The van der Waals surface area contributed by atoms with Crippen LogP contribution in [0.25, 0.3) is 0 Å². The minimum Gasteiger partial charge on any atom is -0.493 e. The lowest BCUT2D eigenvalue weighted by Gasteiger charge is -2.37. The minimum atomic E-state index is -0.946. The molecule has 1 saturated carbocycles. The SMILES string of the molecule is COc1cc(C(=O)NCc2c(C)cc(C)[nH]c2=O)c(C)c2c1OC(C)(C1CCC(NC(=O)OC(C)(C)C)CC1)O2. The first-order chi connectivity index (χ1) is 18.7. The number of ether oxygens (including phenoxy) is 4. The highest BCUT2D eigenvalue weighted by molar-refractivity contribution is 5.97. The summed E-state index contributed by atoms with van der Waals surface area (Å²) >= 11 is 0. The molecule has 0 saturated heterocycles. The van der Waals surface area contributed by atoms with Gasteiger partial charge in [0.25, 0.3) is 17.3 Å². The van der Waals surface area contributed by atoms with Crippen molar-refractivity contribution in [3.05, 3.63) is 50.4 Å². The Labute approximate surface area is 235 Å². The van der Waals surface area contributed by atoms with Gasteiger partial charge >= 0.3 is 6.09 Å². The smallest absolute Gasteiger partial charge is 0.407 e. The molecule has 3 N–H and O–H groups in total. The summed E-state index contributed by atoms with van der Waals surface area (Å²) in [5.41, 5.74) is 2.34. The van der Waals surface area contributed by atoms with Crippen LogP contribution in [0.2, 0.25) is 0 Å². The molecular formula is C30H41N3O7. The van der Waals surface area contributed by atoms with Crippen molar-refractivity contribution in [2.75, 3.05) is 7.11 Å². The third kappa shape index (κ3) is 6.21.